The molecular weight excluding hydrogens is 156 g/mol. The summed E-state index contributed by atoms with van der Waals surface area (Å²) in [5, 5.41) is 0. The first-order valence-electron chi connectivity index (χ1n) is 3.57. The first-order valence-corrected chi connectivity index (χ1v) is 4.72. The van der Waals surface area contributed by atoms with E-state index >= 15 is 0 Å². The molecule has 2 heteroatoms. The van der Waals surface area contributed by atoms with Crippen molar-refractivity contribution in [3.8, 4) is 0 Å². The molecule has 0 radical (unpaired) electrons. The summed E-state index contributed by atoms with van der Waals surface area (Å²) in [4.78, 5) is 0. The van der Waals surface area contributed by atoms with Gasteiger partial charge < -0.3 is 4.18 Å². The van der Waals surface area contributed by atoms with Crippen LogP contribution in [-0.4, -0.2) is 6.26 Å². The quantitative estimate of drug-likeness (QED) is 0.586. The highest BCUT2D eigenvalue weighted by Crippen LogP contribution is 2.15. The highest BCUT2D eigenvalue weighted by atomic mass is 32.2. The Kier molecular flexibility index (Phi) is 3.30. The third-order valence-corrected chi connectivity index (χ3v) is 1.80. The molecule has 0 atom stereocenters. The zero-order chi connectivity index (χ0) is 8.10. The van der Waals surface area contributed by atoms with Crippen molar-refractivity contribution in [3.63, 3.8) is 0 Å². The molecule has 0 aromatic rings. The van der Waals surface area contributed by atoms with Crippen molar-refractivity contribution >= 4 is 12.0 Å². The Morgan fingerprint density at radius 1 is 1.45 bits per heavy atom. The van der Waals surface area contributed by atoms with Gasteiger partial charge in [-0.15, -0.1) is 0 Å². The van der Waals surface area contributed by atoms with Gasteiger partial charge in [-0.05, 0) is 13.0 Å². The Morgan fingerprint density at radius 3 is 3.00 bits per heavy atom. The molecule has 0 saturated heterocycles. The highest BCUT2D eigenvalue weighted by molar-refractivity contribution is 7.94. The largest absolute Gasteiger partial charge is 0.430 e. The summed E-state index contributed by atoms with van der Waals surface area (Å²) in [5.41, 5.74) is 1.27. The number of allylic oxidation sites excluding steroid dienone is 5. The maximum atomic E-state index is 5.29. The van der Waals surface area contributed by atoms with Gasteiger partial charge >= 0.3 is 0 Å². The standard InChI is InChI=1S/C9H12OS/c1-8-4-3-5-9(7-6-8)10-11-2/h3-4,6-7H,5H2,1-2H3. The molecule has 0 aromatic heterocycles. The first kappa shape index (κ1) is 8.47. The summed E-state index contributed by atoms with van der Waals surface area (Å²) in [7, 11) is 0. The van der Waals surface area contributed by atoms with E-state index in [9.17, 15) is 0 Å². The second kappa shape index (κ2) is 4.29. The lowest BCUT2D eigenvalue weighted by Crippen LogP contribution is -1.79. The van der Waals surface area contributed by atoms with E-state index < -0.39 is 0 Å². The minimum atomic E-state index is 0.898. The van der Waals surface area contributed by atoms with Crippen LogP contribution in [0.5, 0.6) is 0 Å². The van der Waals surface area contributed by atoms with Crippen LogP contribution < -0.4 is 0 Å². The molecule has 1 aliphatic carbocycles. The summed E-state index contributed by atoms with van der Waals surface area (Å²) in [6.07, 6.45) is 11.1. The van der Waals surface area contributed by atoms with Gasteiger partial charge in [-0.1, -0.05) is 23.8 Å². The first-order chi connectivity index (χ1) is 5.33. The number of hydrogen-bond acceptors (Lipinski definition) is 2. The summed E-state index contributed by atoms with van der Waals surface area (Å²) in [6.45, 7) is 2.08. The zero-order valence-corrected chi connectivity index (χ0v) is 7.65. The smallest absolute Gasteiger partial charge is 0.118 e. The minimum absolute atomic E-state index is 0.898. The molecule has 0 fully saturated rings. The zero-order valence-electron chi connectivity index (χ0n) is 6.83. The van der Waals surface area contributed by atoms with Crippen LogP contribution in [0.15, 0.2) is 35.6 Å². The molecule has 0 aliphatic heterocycles. The van der Waals surface area contributed by atoms with Crippen LogP contribution >= 0.6 is 12.0 Å². The van der Waals surface area contributed by atoms with Crippen LogP contribution in [-0.2, 0) is 4.18 Å². The van der Waals surface area contributed by atoms with E-state index in [1.54, 1.807) is 0 Å². The molecule has 60 valence electrons. The van der Waals surface area contributed by atoms with Gasteiger partial charge in [-0.3, -0.25) is 0 Å². The SMILES string of the molecule is CSOC1=CC=C(C)C=CC1. The second-order valence-corrected chi connectivity index (χ2v) is 2.90. The van der Waals surface area contributed by atoms with E-state index in [4.69, 9.17) is 4.18 Å². The van der Waals surface area contributed by atoms with E-state index in [0.717, 1.165) is 12.2 Å². The highest BCUT2D eigenvalue weighted by Gasteiger charge is 1.96. The molecule has 1 aliphatic rings. The normalized spacial score (nSPS) is 16.9. The van der Waals surface area contributed by atoms with Crippen LogP contribution in [0.2, 0.25) is 0 Å². The average molecular weight is 168 g/mol. The van der Waals surface area contributed by atoms with Crippen molar-refractivity contribution in [3.05, 3.63) is 35.6 Å². The Labute approximate surface area is 72.0 Å². The molecule has 0 spiro atoms. The molecular formula is C9H12OS. The summed E-state index contributed by atoms with van der Waals surface area (Å²) in [5.74, 6) is 1.02. The lowest BCUT2D eigenvalue weighted by Gasteiger charge is -2.00. The predicted molar refractivity (Wildman–Crippen MR) is 50.2 cm³/mol. The van der Waals surface area contributed by atoms with Crippen molar-refractivity contribution in [2.24, 2.45) is 0 Å². The van der Waals surface area contributed by atoms with Gasteiger partial charge in [0.1, 0.15) is 5.76 Å². The molecule has 0 saturated carbocycles. The minimum Gasteiger partial charge on any atom is -0.430 e. The fraction of sp³-hybridized carbons (Fsp3) is 0.333. The maximum Gasteiger partial charge on any atom is 0.118 e. The van der Waals surface area contributed by atoms with Crippen molar-refractivity contribution in [2.75, 3.05) is 6.26 Å². The molecule has 1 rings (SSSR count). The number of rotatable bonds is 2. The van der Waals surface area contributed by atoms with Crippen molar-refractivity contribution < 1.29 is 4.18 Å². The van der Waals surface area contributed by atoms with Gasteiger partial charge in [0.2, 0.25) is 0 Å². The Hall–Kier alpha value is -0.630. The molecule has 11 heavy (non-hydrogen) atoms. The summed E-state index contributed by atoms with van der Waals surface area (Å²) >= 11 is 1.39. The van der Waals surface area contributed by atoms with E-state index in [2.05, 4.69) is 25.2 Å². The van der Waals surface area contributed by atoms with Gasteiger partial charge in [-0.25, -0.2) is 0 Å². The maximum absolute atomic E-state index is 5.29. The topological polar surface area (TPSA) is 9.23 Å². The fourth-order valence-corrected chi connectivity index (χ4v) is 1.22. The molecule has 1 nitrogen and oxygen atoms in total. The molecule has 0 N–H and O–H groups in total. The second-order valence-electron chi connectivity index (χ2n) is 2.40. The fourth-order valence-electron chi connectivity index (χ4n) is 0.878. The third kappa shape index (κ3) is 2.85. The monoisotopic (exact) mass is 168 g/mol. The van der Waals surface area contributed by atoms with E-state index in [-0.39, 0.29) is 0 Å². The number of hydrogen-bond donors (Lipinski definition) is 0. The predicted octanol–water partition coefficient (Wildman–Crippen LogP) is 3.07. The van der Waals surface area contributed by atoms with E-state index in [1.165, 1.54) is 17.6 Å². The lowest BCUT2D eigenvalue weighted by molar-refractivity contribution is 0.489. The van der Waals surface area contributed by atoms with E-state index in [1.807, 2.05) is 12.3 Å². The van der Waals surface area contributed by atoms with Crippen LogP contribution in [0.25, 0.3) is 0 Å². The van der Waals surface area contributed by atoms with Crippen LogP contribution in [0.4, 0.5) is 0 Å². The molecule has 0 heterocycles. The van der Waals surface area contributed by atoms with E-state index in [0.29, 0.717) is 0 Å². The molecule has 0 aromatic carbocycles. The van der Waals surface area contributed by atoms with Gasteiger partial charge in [0.15, 0.2) is 0 Å². The van der Waals surface area contributed by atoms with Gasteiger partial charge in [-0.2, -0.15) is 0 Å². The van der Waals surface area contributed by atoms with Crippen LogP contribution in [0.1, 0.15) is 13.3 Å². The van der Waals surface area contributed by atoms with Crippen LogP contribution in [0, 0.1) is 0 Å². The summed E-state index contributed by atoms with van der Waals surface area (Å²) in [6, 6.07) is 0. The van der Waals surface area contributed by atoms with Gasteiger partial charge in [0, 0.05) is 12.7 Å². The Bertz CT molecular complexity index is 214. The third-order valence-electron chi connectivity index (χ3n) is 1.42. The van der Waals surface area contributed by atoms with Crippen LogP contribution in [0.3, 0.4) is 0 Å². The summed E-state index contributed by atoms with van der Waals surface area (Å²) < 4.78 is 5.29. The molecule has 0 amide bonds. The van der Waals surface area contributed by atoms with Gasteiger partial charge in [0.05, 0.1) is 12.0 Å². The molecule has 0 unspecified atom stereocenters. The van der Waals surface area contributed by atoms with Crippen molar-refractivity contribution in [2.45, 2.75) is 13.3 Å². The Balaban J connectivity index is 2.62. The lowest BCUT2D eigenvalue weighted by atomic mass is 10.3. The molecule has 0 bridgehead atoms. The van der Waals surface area contributed by atoms with Gasteiger partial charge in [0.25, 0.3) is 0 Å². The van der Waals surface area contributed by atoms with Crippen molar-refractivity contribution in [1.82, 2.24) is 0 Å². The average Bonchev–Trinajstić information content (AvgIpc) is 2.17. The Morgan fingerprint density at radius 2 is 2.27 bits per heavy atom. The van der Waals surface area contributed by atoms with Crippen molar-refractivity contribution in [1.29, 1.82) is 0 Å².